The average Bonchev–Trinajstić information content (AvgIpc) is 2.63. The number of hydrogen-bond donors (Lipinski definition) is 1. The van der Waals surface area contributed by atoms with Crippen molar-refractivity contribution in [2.75, 3.05) is 29.6 Å². The van der Waals surface area contributed by atoms with Crippen molar-refractivity contribution >= 4 is 39.3 Å². The summed E-state index contributed by atoms with van der Waals surface area (Å²) in [6.07, 6.45) is -13.1. The van der Waals surface area contributed by atoms with Crippen LogP contribution < -0.4 is 9.80 Å². The maximum Gasteiger partial charge on any atom is 0.438 e. The summed E-state index contributed by atoms with van der Waals surface area (Å²) in [6.45, 7) is 5.83. The zero-order valence-electron chi connectivity index (χ0n) is 20.2. The first-order valence-electron chi connectivity index (χ1n) is 9.85. The van der Waals surface area contributed by atoms with Gasteiger partial charge in [0.1, 0.15) is 5.75 Å². The van der Waals surface area contributed by atoms with Crippen molar-refractivity contribution in [2.45, 2.75) is 52.6 Å². The molecule has 204 valence electrons. The second-order valence-corrected chi connectivity index (χ2v) is 9.49. The van der Waals surface area contributed by atoms with E-state index in [9.17, 15) is 49.1 Å². The number of carbonyl (C=O) groups excluding carboxylic acids is 3. The van der Waals surface area contributed by atoms with Gasteiger partial charge in [0, 0.05) is 27.9 Å². The van der Waals surface area contributed by atoms with Crippen LogP contribution in [0.2, 0.25) is 0 Å². The first kappa shape index (κ1) is 31.2. The summed E-state index contributed by atoms with van der Waals surface area (Å²) in [5.74, 6) is -6.57. The van der Waals surface area contributed by atoms with E-state index in [2.05, 4.69) is 4.74 Å². The van der Waals surface area contributed by atoms with E-state index in [1.807, 2.05) is 0 Å². The Morgan fingerprint density at radius 1 is 0.806 bits per heavy atom. The number of alkyl halides is 6. The van der Waals surface area contributed by atoms with E-state index in [0.717, 1.165) is 37.5 Å². The molecule has 0 aliphatic rings. The van der Waals surface area contributed by atoms with Gasteiger partial charge in [-0.25, -0.2) is 4.79 Å². The predicted octanol–water partition coefficient (Wildman–Crippen LogP) is 3.49. The normalized spacial score (nSPS) is 12.8. The fraction of sp³-hybridized carbons (Fsp3) is 0.550. The molecule has 2 amide bonds. The van der Waals surface area contributed by atoms with Crippen molar-refractivity contribution in [1.29, 1.82) is 0 Å². The van der Waals surface area contributed by atoms with Crippen LogP contribution in [0.3, 0.4) is 0 Å². The highest BCUT2D eigenvalue weighted by Crippen LogP contribution is 2.48. The molecule has 0 atom stereocenters. The maximum absolute atomic E-state index is 13.7. The Labute approximate surface area is 202 Å². The minimum absolute atomic E-state index is 0.109. The fourth-order valence-corrected chi connectivity index (χ4v) is 4.66. The Balaban J connectivity index is 4.12. The lowest BCUT2D eigenvalue weighted by Gasteiger charge is -2.36. The number of carbonyl (C=O) groups is 3. The van der Waals surface area contributed by atoms with E-state index in [-0.39, 0.29) is 28.1 Å². The molecule has 0 heterocycles. The molecule has 16 heteroatoms. The molecule has 1 aromatic rings. The second kappa shape index (κ2) is 9.88. The SMILES string of the molecule is CC(=O)N(C)c1c(C)c(C(=O)OC(CS(=O)(=O)O)(C(F)(F)F)C(F)(F)F)c(C)c(N(C)C(C)=O)c1C. The van der Waals surface area contributed by atoms with Crippen LogP contribution in [0.5, 0.6) is 0 Å². The zero-order chi connectivity index (χ0) is 28.8. The summed E-state index contributed by atoms with van der Waals surface area (Å²) >= 11 is 0. The van der Waals surface area contributed by atoms with Gasteiger partial charge in [0.05, 0.1) is 16.9 Å². The highest BCUT2D eigenvalue weighted by Gasteiger charge is 2.76. The molecule has 0 radical (unpaired) electrons. The zero-order valence-corrected chi connectivity index (χ0v) is 21.0. The number of benzene rings is 1. The van der Waals surface area contributed by atoms with Crippen molar-refractivity contribution in [3.63, 3.8) is 0 Å². The molecular formula is C20H24F6N2O7S. The summed E-state index contributed by atoms with van der Waals surface area (Å²) in [6, 6.07) is 0. The molecule has 0 saturated heterocycles. The predicted molar refractivity (Wildman–Crippen MR) is 115 cm³/mol. The molecular weight excluding hydrogens is 526 g/mol. The third kappa shape index (κ3) is 5.74. The number of esters is 1. The van der Waals surface area contributed by atoms with Crippen LogP contribution in [0, 0.1) is 20.8 Å². The minimum Gasteiger partial charge on any atom is -0.435 e. The van der Waals surface area contributed by atoms with Gasteiger partial charge in [-0.15, -0.1) is 0 Å². The Kier molecular flexibility index (Phi) is 8.55. The van der Waals surface area contributed by atoms with Gasteiger partial charge in [-0.1, -0.05) is 0 Å². The minimum atomic E-state index is -6.53. The molecule has 1 aromatic carbocycles. The van der Waals surface area contributed by atoms with Crippen LogP contribution in [0.1, 0.15) is 40.9 Å². The topological polar surface area (TPSA) is 121 Å². The van der Waals surface area contributed by atoms with Crippen molar-refractivity contribution in [3.05, 3.63) is 22.3 Å². The fourth-order valence-electron chi connectivity index (χ4n) is 3.76. The van der Waals surface area contributed by atoms with Crippen LogP contribution >= 0.6 is 0 Å². The van der Waals surface area contributed by atoms with Crippen molar-refractivity contribution in [3.8, 4) is 0 Å². The van der Waals surface area contributed by atoms with Crippen LogP contribution in [-0.2, 0) is 24.4 Å². The molecule has 1 N–H and O–H groups in total. The van der Waals surface area contributed by atoms with Gasteiger partial charge in [-0.2, -0.15) is 34.8 Å². The smallest absolute Gasteiger partial charge is 0.435 e. The summed E-state index contributed by atoms with van der Waals surface area (Å²) in [5, 5.41) is 0. The number of hydrogen-bond acceptors (Lipinski definition) is 6. The third-order valence-corrected chi connectivity index (χ3v) is 6.33. The van der Waals surface area contributed by atoms with Gasteiger partial charge in [-0.05, 0) is 37.5 Å². The molecule has 0 unspecified atom stereocenters. The highest BCUT2D eigenvalue weighted by molar-refractivity contribution is 7.85. The van der Waals surface area contributed by atoms with E-state index in [1.165, 1.54) is 21.0 Å². The number of amides is 2. The molecule has 0 fully saturated rings. The molecule has 0 aliphatic carbocycles. The Hall–Kier alpha value is -2.88. The summed E-state index contributed by atoms with van der Waals surface area (Å²) in [7, 11) is -3.56. The lowest BCUT2D eigenvalue weighted by molar-refractivity contribution is -0.356. The number of anilines is 2. The molecule has 0 saturated carbocycles. The summed E-state index contributed by atoms with van der Waals surface area (Å²) in [5.41, 5.74) is -7.09. The first-order valence-corrected chi connectivity index (χ1v) is 11.5. The van der Waals surface area contributed by atoms with E-state index >= 15 is 0 Å². The lowest BCUT2D eigenvalue weighted by Crippen LogP contribution is -2.63. The summed E-state index contributed by atoms with van der Waals surface area (Å²) < 4.78 is 117. The van der Waals surface area contributed by atoms with Crippen molar-refractivity contribution in [2.24, 2.45) is 0 Å². The van der Waals surface area contributed by atoms with Gasteiger partial charge in [0.15, 0.2) is 0 Å². The molecule has 1 rings (SSSR count). The molecule has 36 heavy (non-hydrogen) atoms. The number of ether oxygens (including phenoxy) is 1. The number of nitrogens with zero attached hydrogens (tertiary/aromatic N) is 2. The maximum atomic E-state index is 13.7. The van der Waals surface area contributed by atoms with Gasteiger partial charge < -0.3 is 14.5 Å². The molecule has 0 aliphatic heterocycles. The second-order valence-electron chi connectivity index (χ2n) is 8.04. The molecule has 0 spiro atoms. The van der Waals surface area contributed by atoms with Crippen LogP contribution in [0.4, 0.5) is 37.7 Å². The molecule has 0 aromatic heterocycles. The standard InChI is InChI=1S/C20H24F6N2O7S/c1-9-14(10(2)16(28(7)13(5)30)11(3)15(9)27(6)12(4)29)17(31)35-18(19(21,22)23,20(24,25)26)8-36(32,33)34/h8H2,1-7H3,(H,32,33,34). The van der Waals surface area contributed by atoms with Gasteiger partial charge in [0.2, 0.25) is 11.8 Å². The quantitative estimate of drug-likeness (QED) is 0.327. The van der Waals surface area contributed by atoms with Gasteiger partial charge in [0.25, 0.3) is 10.1 Å². The van der Waals surface area contributed by atoms with Gasteiger partial charge in [-0.3, -0.25) is 14.1 Å². The number of rotatable bonds is 6. The Morgan fingerprint density at radius 2 is 1.14 bits per heavy atom. The van der Waals surface area contributed by atoms with Crippen molar-refractivity contribution in [1.82, 2.24) is 0 Å². The Bertz CT molecular complexity index is 1130. The third-order valence-electron chi connectivity index (χ3n) is 5.56. The monoisotopic (exact) mass is 550 g/mol. The van der Waals surface area contributed by atoms with Gasteiger partial charge >= 0.3 is 23.9 Å². The Morgan fingerprint density at radius 3 is 1.39 bits per heavy atom. The molecule has 9 nitrogen and oxygen atoms in total. The van der Waals surface area contributed by atoms with E-state index in [0.29, 0.717) is 0 Å². The first-order chi connectivity index (χ1) is 15.9. The van der Waals surface area contributed by atoms with E-state index in [4.69, 9.17) is 4.55 Å². The van der Waals surface area contributed by atoms with Crippen LogP contribution in [-0.4, -0.2) is 68.6 Å². The average molecular weight is 550 g/mol. The highest BCUT2D eigenvalue weighted by atomic mass is 32.2. The van der Waals surface area contributed by atoms with E-state index < -0.39 is 57.2 Å². The van der Waals surface area contributed by atoms with Crippen LogP contribution in [0.25, 0.3) is 0 Å². The largest absolute Gasteiger partial charge is 0.438 e. The van der Waals surface area contributed by atoms with Crippen molar-refractivity contribution < 1.29 is 58.4 Å². The van der Waals surface area contributed by atoms with Crippen LogP contribution in [0.15, 0.2) is 0 Å². The number of halogens is 6. The summed E-state index contributed by atoms with van der Waals surface area (Å²) in [4.78, 5) is 38.9. The molecule has 0 bridgehead atoms. The lowest BCUT2D eigenvalue weighted by atomic mass is 9.93. The van der Waals surface area contributed by atoms with E-state index in [1.54, 1.807) is 0 Å².